The number of aryl methyl sites for hydroxylation is 2. The molecule has 1 aliphatic heterocycles. The molecular formula is C11H16N2. The minimum Gasteiger partial charge on any atom is -0.380 e. The Morgan fingerprint density at radius 2 is 2.00 bits per heavy atom. The largest absolute Gasteiger partial charge is 0.380 e. The van der Waals surface area contributed by atoms with E-state index >= 15 is 0 Å². The second kappa shape index (κ2) is 3.38. The molecule has 0 radical (unpaired) electrons. The van der Waals surface area contributed by atoms with E-state index < -0.39 is 0 Å². The van der Waals surface area contributed by atoms with Gasteiger partial charge in [-0.3, -0.25) is 0 Å². The molecule has 1 heterocycles. The second-order valence-electron chi connectivity index (χ2n) is 3.80. The molecule has 2 heteroatoms. The molecular weight excluding hydrogens is 160 g/mol. The van der Waals surface area contributed by atoms with Gasteiger partial charge in [0.1, 0.15) is 0 Å². The SMILES string of the molecule is Cc1ccc(NC2CNC2)cc1C. The second-order valence-corrected chi connectivity index (χ2v) is 3.80. The third-order valence-electron chi connectivity index (χ3n) is 2.66. The van der Waals surface area contributed by atoms with Crippen molar-refractivity contribution < 1.29 is 0 Å². The van der Waals surface area contributed by atoms with Crippen molar-refractivity contribution in [2.45, 2.75) is 19.9 Å². The van der Waals surface area contributed by atoms with Gasteiger partial charge < -0.3 is 10.6 Å². The molecule has 0 aliphatic carbocycles. The van der Waals surface area contributed by atoms with Crippen LogP contribution in [0.3, 0.4) is 0 Å². The first-order valence-corrected chi connectivity index (χ1v) is 4.80. The highest BCUT2D eigenvalue weighted by molar-refractivity contribution is 5.49. The molecule has 0 saturated carbocycles. The fraction of sp³-hybridized carbons (Fsp3) is 0.455. The van der Waals surface area contributed by atoms with E-state index in [-0.39, 0.29) is 0 Å². The lowest BCUT2D eigenvalue weighted by molar-refractivity contribution is 0.472. The van der Waals surface area contributed by atoms with E-state index in [1.54, 1.807) is 0 Å². The van der Waals surface area contributed by atoms with E-state index in [1.807, 2.05) is 0 Å². The lowest BCUT2D eigenvalue weighted by atomic mass is 10.1. The minimum absolute atomic E-state index is 0.627. The van der Waals surface area contributed by atoms with Gasteiger partial charge in [-0.05, 0) is 37.1 Å². The number of nitrogens with one attached hydrogen (secondary N) is 2. The van der Waals surface area contributed by atoms with E-state index in [1.165, 1.54) is 16.8 Å². The van der Waals surface area contributed by atoms with Crippen LogP contribution >= 0.6 is 0 Å². The van der Waals surface area contributed by atoms with Gasteiger partial charge in [-0.15, -0.1) is 0 Å². The molecule has 1 aromatic carbocycles. The first-order valence-electron chi connectivity index (χ1n) is 4.80. The smallest absolute Gasteiger partial charge is 0.0510 e. The van der Waals surface area contributed by atoms with E-state index in [2.05, 4.69) is 42.7 Å². The summed E-state index contributed by atoms with van der Waals surface area (Å²) in [5.41, 5.74) is 3.96. The van der Waals surface area contributed by atoms with Crippen molar-refractivity contribution in [1.29, 1.82) is 0 Å². The van der Waals surface area contributed by atoms with Gasteiger partial charge in [-0.2, -0.15) is 0 Å². The van der Waals surface area contributed by atoms with Crippen LogP contribution in [0.1, 0.15) is 11.1 Å². The Hall–Kier alpha value is -1.02. The summed E-state index contributed by atoms with van der Waals surface area (Å²) in [6.45, 7) is 6.48. The molecule has 1 aliphatic rings. The summed E-state index contributed by atoms with van der Waals surface area (Å²) < 4.78 is 0. The van der Waals surface area contributed by atoms with Gasteiger partial charge in [0, 0.05) is 18.8 Å². The maximum absolute atomic E-state index is 3.48. The molecule has 2 N–H and O–H groups in total. The normalized spacial score (nSPS) is 16.8. The molecule has 1 aromatic rings. The maximum Gasteiger partial charge on any atom is 0.0510 e. The molecule has 0 amide bonds. The van der Waals surface area contributed by atoms with Crippen LogP contribution in [0, 0.1) is 13.8 Å². The van der Waals surface area contributed by atoms with Crippen molar-refractivity contribution in [2.24, 2.45) is 0 Å². The molecule has 1 fully saturated rings. The first-order chi connectivity index (χ1) is 6.25. The average Bonchev–Trinajstić information content (AvgIpc) is 2.04. The zero-order chi connectivity index (χ0) is 9.26. The Labute approximate surface area is 79.4 Å². The molecule has 0 spiro atoms. The van der Waals surface area contributed by atoms with Crippen LogP contribution in [0.2, 0.25) is 0 Å². The predicted molar refractivity (Wildman–Crippen MR) is 56.2 cm³/mol. The van der Waals surface area contributed by atoms with Gasteiger partial charge in [0.2, 0.25) is 0 Å². The van der Waals surface area contributed by atoms with Crippen LogP contribution in [-0.4, -0.2) is 19.1 Å². The van der Waals surface area contributed by atoms with Crippen molar-refractivity contribution in [3.05, 3.63) is 29.3 Å². The molecule has 2 nitrogen and oxygen atoms in total. The molecule has 0 atom stereocenters. The fourth-order valence-electron chi connectivity index (χ4n) is 1.46. The summed E-state index contributed by atoms with van der Waals surface area (Å²) in [5, 5.41) is 6.73. The highest BCUT2D eigenvalue weighted by atomic mass is 15.1. The highest BCUT2D eigenvalue weighted by Gasteiger charge is 2.15. The van der Waals surface area contributed by atoms with Crippen LogP contribution < -0.4 is 10.6 Å². The van der Waals surface area contributed by atoms with E-state index in [0.717, 1.165) is 13.1 Å². The van der Waals surface area contributed by atoms with Gasteiger partial charge in [-0.25, -0.2) is 0 Å². The predicted octanol–water partition coefficient (Wildman–Crippen LogP) is 1.69. The Morgan fingerprint density at radius 1 is 1.23 bits per heavy atom. The van der Waals surface area contributed by atoms with Crippen LogP contribution in [0.5, 0.6) is 0 Å². The summed E-state index contributed by atoms with van der Waals surface area (Å²) in [4.78, 5) is 0. The van der Waals surface area contributed by atoms with E-state index in [9.17, 15) is 0 Å². The fourth-order valence-corrected chi connectivity index (χ4v) is 1.46. The number of hydrogen-bond donors (Lipinski definition) is 2. The number of hydrogen-bond acceptors (Lipinski definition) is 2. The Morgan fingerprint density at radius 3 is 2.54 bits per heavy atom. The molecule has 13 heavy (non-hydrogen) atoms. The first kappa shape index (κ1) is 8.57. The summed E-state index contributed by atoms with van der Waals surface area (Å²) in [7, 11) is 0. The maximum atomic E-state index is 3.48. The third kappa shape index (κ3) is 1.83. The molecule has 70 valence electrons. The Bertz CT molecular complexity index is 303. The van der Waals surface area contributed by atoms with Crippen molar-refractivity contribution >= 4 is 5.69 Å². The number of rotatable bonds is 2. The van der Waals surface area contributed by atoms with Crippen molar-refractivity contribution in [3.8, 4) is 0 Å². The lowest BCUT2D eigenvalue weighted by Gasteiger charge is -2.29. The number of anilines is 1. The van der Waals surface area contributed by atoms with Gasteiger partial charge in [0.25, 0.3) is 0 Å². The van der Waals surface area contributed by atoms with Crippen LogP contribution in [-0.2, 0) is 0 Å². The van der Waals surface area contributed by atoms with Crippen molar-refractivity contribution in [1.82, 2.24) is 5.32 Å². The molecule has 0 bridgehead atoms. The van der Waals surface area contributed by atoms with Gasteiger partial charge in [0.15, 0.2) is 0 Å². The zero-order valence-corrected chi connectivity index (χ0v) is 8.22. The third-order valence-corrected chi connectivity index (χ3v) is 2.66. The van der Waals surface area contributed by atoms with E-state index in [0.29, 0.717) is 6.04 Å². The highest BCUT2D eigenvalue weighted by Crippen LogP contribution is 2.15. The standard InChI is InChI=1S/C11H16N2/c1-8-3-4-10(5-9(8)2)13-11-6-12-7-11/h3-5,11-13H,6-7H2,1-2H3. The topological polar surface area (TPSA) is 24.1 Å². The molecule has 2 rings (SSSR count). The average molecular weight is 176 g/mol. The zero-order valence-electron chi connectivity index (χ0n) is 8.22. The van der Waals surface area contributed by atoms with Gasteiger partial charge in [0.05, 0.1) is 6.04 Å². The summed E-state index contributed by atoms with van der Waals surface area (Å²) in [5.74, 6) is 0. The van der Waals surface area contributed by atoms with Gasteiger partial charge >= 0.3 is 0 Å². The van der Waals surface area contributed by atoms with Crippen LogP contribution in [0.15, 0.2) is 18.2 Å². The van der Waals surface area contributed by atoms with Crippen molar-refractivity contribution in [3.63, 3.8) is 0 Å². The summed E-state index contributed by atoms with van der Waals surface area (Å²) in [6.07, 6.45) is 0. The van der Waals surface area contributed by atoms with Crippen LogP contribution in [0.4, 0.5) is 5.69 Å². The quantitative estimate of drug-likeness (QED) is 0.716. The summed E-state index contributed by atoms with van der Waals surface area (Å²) >= 11 is 0. The lowest BCUT2D eigenvalue weighted by Crippen LogP contribution is -2.51. The van der Waals surface area contributed by atoms with Gasteiger partial charge in [-0.1, -0.05) is 6.07 Å². The Balaban J connectivity index is 2.07. The molecule has 1 saturated heterocycles. The molecule has 0 aromatic heterocycles. The minimum atomic E-state index is 0.627. The molecule has 0 unspecified atom stereocenters. The van der Waals surface area contributed by atoms with Crippen molar-refractivity contribution in [2.75, 3.05) is 18.4 Å². The summed E-state index contributed by atoms with van der Waals surface area (Å²) in [6, 6.07) is 7.17. The number of benzene rings is 1. The Kier molecular flexibility index (Phi) is 2.23. The van der Waals surface area contributed by atoms with Crippen LogP contribution in [0.25, 0.3) is 0 Å². The van der Waals surface area contributed by atoms with E-state index in [4.69, 9.17) is 0 Å². The monoisotopic (exact) mass is 176 g/mol.